The number of nitrogens with zero attached hydrogens (tertiary/aromatic N) is 7. The van der Waals surface area contributed by atoms with E-state index in [9.17, 15) is 43.5 Å². The molecule has 0 spiro atoms. The Kier molecular flexibility index (Phi) is 18.5. The Morgan fingerprint density at radius 1 is 1.08 bits per heavy atom. The van der Waals surface area contributed by atoms with Crippen molar-refractivity contribution in [2.24, 2.45) is 5.11 Å². The number of nitrogens with two attached hydrogens (primary N) is 1. The minimum Gasteiger partial charge on any atom is -0.790 e. The molecule has 0 amide bonds. The van der Waals surface area contributed by atoms with E-state index in [0.29, 0.717) is 0 Å². The van der Waals surface area contributed by atoms with Crippen LogP contribution in [0.2, 0.25) is 0 Å². The van der Waals surface area contributed by atoms with Crippen LogP contribution in [0.25, 0.3) is 21.6 Å². The van der Waals surface area contributed by atoms with Gasteiger partial charge < -0.3 is 49.3 Å². The molecule has 3 rings (SSSR count). The summed E-state index contributed by atoms with van der Waals surface area (Å²) in [6.07, 6.45) is -5.98. The molecular weight excluding hydrogens is 625 g/mol. The first-order valence-corrected chi connectivity index (χ1v) is 12.8. The third-order valence-corrected chi connectivity index (χ3v) is 7.67. The Morgan fingerprint density at radius 2 is 1.68 bits per heavy atom. The molecule has 0 radical (unpaired) electrons. The largest absolute Gasteiger partial charge is 1.00 e. The molecule has 28 heteroatoms. The monoisotopic (exact) mass is 636 g/mol. The first-order chi connectivity index (χ1) is 15.6. The molecular formula is C10H11N8Na4O13P3. The van der Waals surface area contributed by atoms with Crippen LogP contribution in [0.3, 0.4) is 0 Å². The molecule has 0 bridgehead atoms. The van der Waals surface area contributed by atoms with Gasteiger partial charge in [-0.1, -0.05) is 0 Å². The second kappa shape index (κ2) is 16.7. The van der Waals surface area contributed by atoms with E-state index in [2.05, 4.69) is 38.1 Å². The van der Waals surface area contributed by atoms with Crippen molar-refractivity contribution in [1.82, 2.24) is 19.5 Å². The summed E-state index contributed by atoms with van der Waals surface area (Å²) in [5, 5.41) is 23.9. The number of hydrogen-bond donors (Lipinski definition) is 3. The summed E-state index contributed by atoms with van der Waals surface area (Å²) in [6.45, 7) is -1.18. The maximum absolute atomic E-state index is 11.7. The number of azide groups is 1. The van der Waals surface area contributed by atoms with Gasteiger partial charge in [-0.05, 0) is 10.6 Å². The van der Waals surface area contributed by atoms with Crippen LogP contribution in [0.4, 0.5) is 11.8 Å². The topological polar surface area (TPSA) is 339 Å². The Bertz CT molecular complexity index is 1290. The maximum atomic E-state index is 11.7. The van der Waals surface area contributed by atoms with Crippen LogP contribution >= 0.6 is 23.5 Å². The predicted molar refractivity (Wildman–Crippen MR) is 95.4 cm³/mol. The molecule has 6 atom stereocenters. The SMILES string of the molecule is [N-]=[N+]=Nc1nc2c(N)ncnc2n1C1OC(COP(=O)([O-])OP(=O)([O-])OP(=O)([O-])[O-])C(O)C1O.[Na+].[Na+].[Na+].[Na+]. The zero-order chi connectivity index (χ0) is 25.5. The van der Waals surface area contributed by atoms with Gasteiger partial charge in [0.2, 0.25) is 5.95 Å². The van der Waals surface area contributed by atoms with Gasteiger partial charge >= 0.3 is 118 Å². The second-order valence-electron chi connectivity index (χ2n) is 6.25. The van der Waals surface area contributed by atoms with Crippen molar-refractivity contribution in [3.63, 3.8) is 0 Å². The van der Waals surface area contributed by atoms with Crippen molar-refractivity contribution >= 4 is 46.4 Å². The standard InChI is InChI=1S/C10H15N8O13P3.4Na/c11-7-4-8(14-2-13-7)18(10(15-4)16-17-12)9-6(20)5(19)3(29-9)1-28-33(24,25)31-34(26,27)30-32(21,22)23;;;;/h2-3,5-6,9,19-20H,1H2,(H,24,25)(H,26,27)(H2,11,13,14)(H2,21,22,23);;;;/q;4*+1/p-4. The minimum atomic E-state index is -6.20. The van der Waals surface area contributed by atoms with Crippen LogP contribution in [0.1, 0.15) is 6.23 Å². The van der Waals surface area contributed by atoms with Crippen molar-refractivity contribution in [3.05, 3.63) is 16.8 Å². The van der Waals surface area contributed by atoms with Gasteiger partial charge in [0.25, 0.3) is 15.6 Å². The van der Waals surface area contributed by atoms with Gasteiger partial charge in [-0.2, -0.15) is 0 Å². The van der Waals surface area contributed by atoms with Crippen LogP contribution in [0, 0.1) is 0 Å². The molecule has 2 aromatic heterocycles. The number of aliphatic hydroxyl groups is 2. The zero-order valence-corrected chi connectivity index (χ0v) is 30.7. The third-order valence-electron chi connectivity index (χ3n) is 4.01. The zero-order valence-electron chi connectivity index (χ0n) is 20.0. The van der Waals surface area contributed by atoms with E-state index in [1.807, 2.05) is 0 Å². The smallest absolute Gasteiger partial charge is 0.790 e. The summed E-state index contributed by atoms with van der Waals surface area (Å²) in [5.41, 5.74) is 14.3. The van der Waals surface area contributed by atoms with Crippen molar-refractivity contribution in [2.75, 3.05) is 12.3 Å². The number of fused-ring (bicyclic) bond motifs is 1. The molecule has 38 heavy (non-hydrogen) atoms. The average molecular weight is 636 g/mol. The summed E-state index contributed by atoms with van der Waals surface area (Å²) in [6, 6.07) is 0. The fraction of sp³-hybridized carbons (Fsp3) is 0.500. The molecule has 188 valence electrons. The van der Waals surface area contributed by atoms with E-state index in [4.69, 9.17) is 16.0 Å². The van der Waals surface area contributed by atoms with Gasteiger partial charge in [-0.15, -0.1) is 0 Å². The van der Waals surface area contributed by atoms with Crippen LogP contribution in [0.15, 0.2) is 11.4 Å². The Balaban J connectivity index is 0. The van der Waals surface area contributed by atoms with Crippen molar-refractivity contribution in [3.8, 4) is 0 Å². The van der Waals surface area contributed by atoms with E-state index in [1.165, 1.54) is 0 Å². The molecule has 3 heterocycles. The number of anilines is 1. The van der Waals surface area contributed by atoms with Gasteiger partial charge in [0.1, 0.15) is 24.6 Å². The number of imidazole rings is 1. The third kappa shape index (κ3) is 10.9. The maximum Gasteiger partial charge on any atom is 1.00 e. The number of phosphoric acid groups is 3. The number of nitrogen functional groups attached to an aromatic ring is 1. The number of ether oxygens (including phenoxy) is 1. The molecule has 1 aliphatic rings. The summed E-state index contributed by atoms with van der Waals surface area (Å²) in [5.74, 6) is -0.565. The fourth-order valence-corrected chi connectivity index (χ4v) is 5.65. The van der Waals surface area contributed by atoms with Gasteiger partial charge in [0.15, 0.2) is 23.2 Å². The quantitative estimate of drug-likeness (QED) is 0.0756. The fourth-order valence-electron chi connectivity index (χ4n) is 2.79. The minimum absolute atomic E-state index is 0. The number of phosphoric ester groups is 1. The first kappa shape index (κ1) is 42.1. The second-order valence-corrected chi connectivity index (χ2v) is 10.5. The summed E-state index contributed by atoms with van der Waals surface area (Å²) >= 11 is 0. The average Bonchev–Trinajstić information content (AvgIpc) is 3.16. The molecule has 4 N–H and O–H groups in total. The van der Waals surface area contributed by atoms with Gasteiger partial charge in [0, 0.05) is 4.91 Å². The van der Waals surface area contributed by atoms with Crippen LogP contribution < -0.4 is 144 Å². The van der Waals surface area contributed by atoms with Crippen molar-refractivity contribution < 1.29 is 180 Å². The number of rotatable bonds is 9. The number of aromatic nitrogens is 4. The molecule has 1 aliphatic heterocycles. The van der Waals surface area contributed by atoms with Gasteiger partial charge in [-0.3, -0.25) is 18.0 Å². The van der Waals surface area contributed by atoms with E-state index in [0.717, 1.165) is 10.9 Å². The Labute approximate surface area is 300 Å². The number of aliphatic hydroxyl groups excluding tert-OH is 2. The Morgan fingerprint density at radius 3 is 2.24 bits per heavy atom. The van der Waals surface area contributed by atoms with Crippen molar-refractivity contribution in [1.29, 1.82) is 0 Å². The first-order valence-electron chi connectivity index (χ1n) is 8.40. The predicted octanol–water partition coefficient (Wildman–Crippen LogP) is -15.2. The summed E-state index contributed by atoms with van der Waals surface area (Å²) in [4.78, 5) is 57.6. The summed E-state index contributed by atoms with van der Waals surface area (Å²) in [7, 11) is -18.3. The Hall–Kier alpha value is 1.95. The normalized spacial score (nSPS) is 23.8. The van der Waals surface area contributed by atoms with E-state index >= 15 is 0 Å². The van der Waals surface area contributed by atoms with Crippen LogP contribution in [0.5, 0.6) is 0 Å². The molecule has 1 fully saturated rings. The van der Waals surface area contributed by atoms with Crippen molar-refractivity contribution in [2.45, 2.75) is 24.5 Å². The molecule has 0 aromatic carbocycles. The van der Waals surface area contributed by atoms with Gasteiger partial charge in [0.05, 0.1) is 14.4 Å². The van der Waals surface area contributed by atoms with Crippen LogP contribution in [-0.4, -0.2) is 54.7 Å². The molecule has 1 saturated heterocycles. The van der Waals surface area contributed by atoms with Crippen LogP contribution in [-0.2, 0) is 31.6 Å². The number of hydrogen-bond acceptors (Lipinski definition) is 18. The molecule has 0 saturated carbocycles. The molecule has 21 nitrogen and oxygen atoms in total. The van der Waals surface area contributed by atoms with E-state index < -0.39 is 60.6 Å². The van der Waals surface area contributed by atoms with Gasteiger partial charge in [-0.25, -0.2) is 19.3 Å². The molecule has 6 unspecified atom stereocenters. The molecule has 0 aliphatic carbocycles. The van der Waals surface area contributed by atoms with E-state index in [-0.39, 0.29) is 135 Å². The molecule has 2 aromatic rings. The van der Waals surface area contributed by atoms with E-state index in [1.54, 1.807) is 0 Å². The summed E-state index contributed by atoms with van der Waals surface area (Å²) < 4.78 is 50.1.